The number of unbranched alkanes of at least 4 members (excludes halogenated alkanes) is 4. The molecule has 0 saturated heterocycles. The number of rotatable bonds is 12. The van der Waals surface area contributed by atoms with Crippen LogP contribution in [0, 0.1) is 5.92 Å². The van der Waals surface area contributed by atoms with Crippen LogP contribution in [0.25, 0.3) is 0 Å². The molecule has 0 rings (SSSR count). The van der Waals surface area contributed by atoms with Crippen LogP contribution in [0.3, 0.4) is 0 Å². The van der Waals surface area contributed by atoms with Crippen molar-refractivity contribution in [1.82, 2.24) is 0 Å². The molecule has 0 aromatic carbocycles. The Kier molecular flexibility index (Phi) is 12.5. The van der Waals surface area contributed by atoms with Gasteiger partial charge in [0.15, 0.2) is 0 Å². The molecule has 0 aliphatic rings. The summed E-state index contributed by atoms with van der Waals surface area (Å²) < 4.78 is 0. The lowest BCUT2D eigenvalue weighted by molar-refractivity contribution is 0.507. The van der Waals surface area contributed by atoms with Gasteiger partial charge in [0.1, 0.15) is 0 Å². The smallest absolute Gasteiger partial charge is 0.0434 e. The lowest BCUT2D eigenvalue weighted by Crippen LogP contribution is -2.12. The fraction of sp³-hybridized carbons (Fsp3) is 0.611. The molecule has 0 N–H and O–H groups in total. The highest BCUT2D eigenvalue weighted by Gasteiger charge is 2.12. The molecule has 0 saturated carbocycles. The van der Waals surface area contributed by atoms with Crippen molar-refractivity contribution in [1.29, 1.82) is 0 Å². The highest BCUT2D eigenvalue weighted by atomic mass is 14.7. The Morgan fingerprint density at radius 2 is 1.68 bits per heavy atom. The Balaban J connectivity index is 4.56. The van der Waals surface area contributed by atoms with E-state index in [-0.39, 0.29) is 0 Å². The Labute approximate surface area is 120 Å². The molecule has 0 fully saturated rings. The maximum absolute atomic E-state index is 4.46. The Morgan fingerprint density at radius 3 is 2.26 bits per heavy atom. The van der Waals surface area contributed by atoms with Gasteiger partial charge in [0.05, 0.1) is 0 Å². The molecule has 0 spiro atoms. The molecule has 1 unspecified atom stereocenters. The summed E-state index contributed by atoms with van der Waals surface area (Å²) in [6.45, 7) is 12.0. The minimum atomic E-state index is 0.575. The molecule has 1 nitrogen and oxygen atoms in total. The third-order valence-electron chi connectivity index (χ3n) is 3.37. The Hall–Kier alpha value is -1.11. The van der Waals surface area contributed by atoms with Crippen LogP contribution in [-0.2, 0) is 0 Å². The number of aliphatic imine (C=N–C) groups is 1. The first-order valence-electron chi connectivity index (χ1n) is 7.77. The fourth-order valence-electron chi connectivity index (χ4n) is 2.26. The number of hydrogen-bond acceptors (Lipinski definition) is 1. The summed E-state index contributed by atoms with van der Waals surface area (Å²) in [4.78, 5) is 4.46. The zero-order valence-corrected chi connectivity index (χ0v) is 12.9. The van der Waals surface area contributed by atoms with E-state index in [9.17, 15) is 0 Å². The highest BCUT2D eigenvalue weighted by Crippen LogP contribution is 2.20. The van der Waals surface area contributed by atoms with Crippen molar-refractivity contribution in [2.45, 2.75) is 65.2 Å². The van der Waals surface area contributed by atoms with Crippen molar-refractivity contribution in [3.05, 3.63) is 37.6 Å². The van der Waals surface area contributed by atoms with Crippen molar-refractivity contribution < 1.29 is 0 Å². The van der Waals surface area contributed by atoms with Crippen LogP contribution in [0.5, 0.6) is 0 Å². The van der Waals surface area contributed by atoms with Crippen molar-refractivity contribution in [3.8, 4) is 0 Å². The topological polar surface area (TPSA) is 12.4 Å². The van der Waals surface area contributed by atoms with Crippen molar-refractivity contribution >= 4 is 5.71 Å². The molecule has 19 heavy (non-hydrogen) atoms. The van der Waals surface area contributed by atoms with Gasteiger partial charge in [0.25, 0.3) is 0 Å². The summed E-state index contributed by atoms with van der Waals surface area (Å²) in [5.74, 6) is 0.575. The number of allylic oxidation sites excluding steroid dienone is 3. The van der Waals surface area contributed by atoms with E-state index in [0.717, 1.165) is 0 Å². The number of nitrogens with zero attached hydrogens (tertiary/aromatic N) is 1. The van der Waals surface area contributed by atoms with Crippen molar-refractivity contribution in [2.75, 3.05) is 0 Å². The lowest BCUT2D eigenvalue weighted by Gasteiger charge is -2.16. The van der Waals surface area contributed by atoms with Crippen LogP contribution >= 0.6 is 0 Å². The first-order chi connectivity index (χ1) is 9.29. The van der Waals surface area contributed by atoms with Gasteiger partial charge in [0, 0.05) is 17.8 Å². The van der Waals surface area contributed by atoms with E-state index in [4.69, 9.17) is 0 Å². The molecule has 0 bridgehead atoms. The largest absolute Gasteiger partial charge is 0.262 e. The van der Waals surface area contributed by atoms with Gasteiger partial charge in [0.2, 0.25) is 0 Å². The Morgan fingerprint density at radius 1 is 1.00 bits per heavy atom. The maximum Gasteiger partial charge on any atom is 0.0434 e. The molecule has 0 heterocycles. The van der Waals surface area contributed by atoms with Crippen molar-refractivity contribution in [2.24, 2.45) is 10.9 Å². The average Bonchev–Trinajstić information content (AvgIpc) is 2.43. The quantitative estimate of drug-likeness (QED) is 0.229. The first-order valence-corrected chi connectivity index (χ1v) is 7.77. The highest BCUT2D eigenvalue weighted by molar-refractivity contribution is 5.97. The molecular formula is C18H31N. The predicted molar refractivity (Wildman–Crippen MR) is 88.7 cm³/mol. The number of hydrogen-bond donors (Lipinski definition) is 0. The van der Waals surface area contributed by atoms with E-state index >= 15 is 0 Å². The van der Waals surface area contributed by atoms with E-state index in [1.807, 2.05) is 12.2 Å². The molecular weight excluding hydrogens is 230 g/mol. The van der Waals surface area contributed by atoms with Gasteiger partial charge in [-0.3, -0.25) is 4.99 Å². The standard InChI is InChI=1S/C18H31N/c1-5-9-12-13-15-17(14-10-6-2)18(19-8-4)16-11-7-3/h7-8,11,16-17H,3-6,9-10,12-15H2,1-2H3/b16-11-,19-18?. The minimum absolute atomic E-state index is 0.575. The van der Waals surface area contributed by atoms with Crippen LogP contribution in [0.1, 0.15) is 65.2 Å². The predicted octanol–water partition coefficient (Wildman–Crippen LogP) is 6.09. The van der Waals surface area contributed by atoms with Gasteiger partial charge in [-0.05, 0) is 18.9 Å². The fourth-order valence-corrected chi connectivity index (χ4v) is 2.26. The zero-order chi connectivity index (χ0) is 14.3. The summed E-state index contributed by atoms with van der Waals surface area (Å²) in [7, 11) is 0. The second kappa shape index (κ2) is 13.3. The SMILES string of the molecule is C=C/C=C\C(=NC=C)C(CCCC)CCCCCC. The molecule has 0 aromatic heterocycles. The van der Waals surface area contributed by atoms with E-state index in [1.165, 1.54) is 57.1 Å². The average molecular weight is 261 g/mol. The van der Waals surface area contributed by atoms with Crippen LogP contribution < -0.4 is 0 Å². The van der Waals surface area contributed by atoms with Gasteiger partial charge in [-0.15, -0.1) is 0 Å². The van der Waals surface area contributed by atoms with Crippen molar-refractivity contribution in [3.63, 3.8) is 0 Å². The van der Waals surface area contributed by atoms with Crippen LogP contribution in [-0.4, -0.2) is 5.71 Å². The molecule has 0 aliphatic heterocycles. The van der Waals surface area contributed by atoms with Gasteiger partial charge < -0.3 is 0 Å². The first kappa shape index (κ1) is 17.9. The third-order valence-corrected chi connectivity index (χ3v) is 3.37. The molecule has 108 valence electrons. The van der Waals surface area contributed by atoms with Gasteiger partial charge in [-0.25, -0.2) is 0 Å². The summed E-state index contributed by atoms with van der Waals surface area (Å²) in [5.41, 5.74) is 1.17. The van der Waals surface area contributed by atoms with E-state index in [2.05, 4.69) is 38.1 Å². The molecule has 0 amide bonds. The zero-order valence-electron chi connectivity index (χ0n) is 12.9. The molecule has 0 aromatic rings. The van der Waals surface area contributed by atoms with Gasteiger partial charge >= 0.3 is 0 Å². The second-order valence-electron chi connectivity index (χ2n) is 5.02. The third kappa shape index (κ3) is 9.47. The van der Waals surface area contributed by atoms with E-state index in [1.54, 1.807) is 6.20 Å². The monoisotopic (exact) mass is 261 g/mol. The normalized spacial score (nSPS) is 13.7. The van der Waals surface area contributed by atoms with Crippen LogP contribution in [0.2, 0.25) is 0 Å². The lowest BCUT2D eigenvalue weighted by atomic mass is 9.90. The summed E-state index contributed by atoms with van der Waals surface area (Å²) in [5, 5.41) is 0. The molecule has 1 atom stereocenters. The Bertz CT molecular complexity index is 286. The molecule has 1 heteroatoms. The summed E-state index contributed by atoms with van der Waals surface area (Å²) >= 11 is 0. The van der Waals surface area contributed by atoms with E-state index in [0.29, 0.717) is 5.92 Å². The van der Waals surface area contributed by atoms with Crippen LogP contribution in [0.4, 0.5) is 0 Å². The summed E-state index contributed by atoms with van der Waals surface area (Å²) in [6, 6.07) is 0. The van der Waals surface area contributed by atoms with Gasteiger partial charge in [-0.2, -0.15) is 0 Å². The van der Waals surface area contributed by atoms with Gasteiger partial charge in [-0.1, -0.05) is 77.7 Å². The molecule has 0 aliphatic carbocycles. The second-order valence-corrected chi connectivity index (χ2v) is 5.02. The molecule has 0 radical (unpaired) electrons. The van der Waals surface area contributed by atoms with E-state index < -0.39 is 0 Å². The maximum atomic E-state index is 4.46. The summed E-state index contributed by atoms with van der Waals surface area (Å²) in [6.07, 6.45) is 17.8. The van der Waals surface area contributed by atoms with Crippen LogP contribution in [0.15, 0.2) is 42.6 Å². The minimum Gasteiger partial charge on any atom is -0.262 e.